The van der Waals surface area contributed by atoms with E-state index < -0.39 is 0 Å². The van der Waals surface area contributed by atoms with E-state index in [0.29, 0.717) is 5.69 Å². The van der Waals surface area contributed by atoms with Crippen molar-refractivity contribution in [2.75, 3.05) is 4.90 Å². The lowest BCUT2D eigenvalue weighted by Crippen LogP contribution is -2.06. The van der Waals surface area contributed by atoms with Crippen LogP contribution in [-0.2, 0) is 0 Å². The lowest BCUT2D eigenvalue weighted by atomic mass is 10.3. The molecule has 0 atom stereocenters. The largest absolute Gasteiger partial charge is 0.198 e. The van der Waals surface area contributed by atoms with E-state index in [4.69, 9.17) is 10.5 Å². The molecule has 0 spiro atoms. The zero-order valence-corrected chi connectivity index (χ0v) is 5.73. The molecule has 0 radical (unpaired) electrons. The number of nitriles is 2. The number of rotatable bonds is 1. The zero-order chi connectivity index (χ0) is 8.10. The van der Waals surface area contributed by atoms with E-state index in [1.807, 2.05) is 6.07 Å². The van der Waals surface area contributed by atoms with Crippen LogP contribution in [0.25, 0.3) is 0 Å². The van der Waals surface area contributed by atoms with Crippen LogP contribution in [0.1, 0.15) is 0 Å². The summed E-state index contributed by atoms with van der Waals surface area (Å²) in [6.45, 7) is 0. The fourth-order valence-electron chi connectivity index (χ4n) is 0.715. The van der Waals surface area contributed by atoms with E-state index in [1.54, 1.807) is 36.7 Å². The maximum Gasteiger partial charge on any atom is 0.198 e. The van der Waals surface area contributed by atoms with E-state index in [2.05, 4.69) is 0 Å². The molecular formula is C8H5N3. The highest BCUT2D eigenvalue weighted by Crippen LogP contribution is 2.09. The lowest BCUT2D eigenvalue weighted by molar-refractivity contribution is 1.26. The van der Waals surface area contributed by atoms with Crippen LogP contribution in [0.4, 0.5) is 5.69 Å². The van der Waals surface area contributed by atoms with Crippen LogP contribution in [0.2, 0.25) is 0 Å². The number of nitrogens with zero attached hydrogens (tertiary/aromatic N) is 3. The van der Waals surface area contributed by atoms with Gasteiger partial charge in [0.2, 0.25) is 0 Å². The van der Waals surface area contributed by atoms with Gasteiger partial charge in [0.15, 0.2) is 12.4 Å². The van der Waals surface area contributed by atoms with Gasteiger partial charge in [-0.05, 0) is 12.1 Å². The summed E-state index contributed by atoms with van der Waals surface area (Å²) in [5.41, 5.74) is 0.595. The molecule has 3 nitrogen and oxygen atoms in total. The third kappa shape index (κ3) is 1.47. The Morgan fingerprint density at radius 2 is 1.55 bits per heavy atom. The van der Waals surface area contributed by atoms with Gasteiger partial charge in [-0.1, -0.05) is 18.2 Å². The predicted octanol–water partition coefficient (Wildman–Crippen LogP) is 1.46. The number of benzene rings is 1. The van der Waals surface area contributed by atoms with Crippen molar-refractivity contribution in [3.63, 3.8) is 0 Å². The Morgan fingerprint density at radius 3 is 2.00 bits per heavy atom. The molecule has 0 unspecified atom stereocenters. The second-order valence-electron chi connectivity index (χ2n) is 1.87. The van der Waals surface area contributed by atoms with Crippen LogP contribution in [0.3, 0.4) is 0 Å². The number of hydrogen-bond donors (Lipinski definition) is 0. The Morgan fingerprint density at radius 1 is 1.00 bits per heavy atom. The first-order valence-corrected chi connectivity index (χ1v) is 3.03. The standard InChI is InChI=1S/C8H5N3/c9-6-11(7-10)8-4-2-1-3-5-8/h1-5H. The predicted molar refractivity (Wildman–Crippen MR) is 40.1 cm³/mol. The fraction of sp³-hybridized carbons (Fsp3) is 0. The van der Waals surface area contributed by atoms with Crippen molar-refractivity contribution < 1.29 is 0 Å². The molecule has 1 rings (SSSR count). The smallest absolute Gasteiger partial charge is 0.183 e. The molecule has 1 aromatic carbocycles. The first-order chi connectivity index (χ1) is 5.38. The van der Waals surface area contributed by atoms with Crippen LogP contribution >= 0.6 is 0 Å². The summed E-state index contributed by atoms with van der Waals surface area (Å²) in [6, 6.07) is 8.78. The van der Waals surface area contributed by atoms with E-state index in [0.717, 1.165) is 4.90 Å². The van der Waals surface area contributed by atoms with E-state index in [-0.39, 0.29) is 0 Å². The molecular weight excluding hydrogens is 138 g/mol. The number of hydrogen-bond acceptors (Lipinski definition) is 3. The van der Waals surface area contributed by atoms with Crippen molar-refractivity contribution in [2.24, 2.45) is 0 Å². The van der Waals surface area contributed by atoms with Crippen molar-refractivity contribution in [3.05, 3.63) is 30.3 Å². The minimum absolute atomic E-state index is 0.595. The maximum atomic E-state index is 8.43. The lowest BCUT2D eigenvalue weighted by Gasteiger charge is -2.02. The fourth-order valence-corrected chi connectivity index (χ4v) is 0.715. The van der Waals surface area contributed by atoms with Gasteiger partial charge in [0.25, 0.3) is 0 Å². The Hall–Kier alpha value is -2.00. The summed E-state index contributed by atoms with van der Waals surface area (Å²) >= 11 is 0. The minimum atomic E-state index is 0.595. The molecule has 0 amide bonds. The summed E-state index contributed by atoms with van der Waals surface area (Å²) in [5, 5.41) is 16.9. The summed E-state index contributed by atoms with van der Waals surface area (Å²) in [4.78, 5) is 0.944. The SMILES string of the molecule is N#CN(C#N)c1ccccc1. The molecule has 0 N–H and O–H groups in total. The maximum absolute atomic E-state index is 8.43. The first kappa shape index (κ1) is 7.11. The molecule has 1 aromatic rings. The highest BCUT2D eigenvalue weighted by Gasteiger charge is 1.99. The van der Waals surface area contributed by atoms with Gasteiger partial charge in [-0.25, -0.2) is 0 Å². The Balaban J connectivity index is 2.96. The van der Waals surface area contributed by atoms with Crippen molar-refractivity contribution in [2.45, 2.75) is 0 Å². The number of para-hydroxylation sites is 1. The van der Waals surface area contributed by atoms with Gasteiger partial charge in [-0.2, -0.15) is 15.4 Å². The van der Waals surface area contributed by atoms with Crippen molar-refractivity contribution in [3.8, 4) is 12.4 Å². The van der Waals surface area contributed by atoms with Gasteiger partial charge in [0, 0.05) is 0 Å². The van der Waals surface area contributed by atoms with Gasteiger partial charge in [-0.15, -0.1) is 0 Å². The van der Waals surface area contributed by atoms with Gasteiger partial charge in [-0.3, -0.25) is 0 Å². The van der Waals surface area contributed by atoms with E-state index >= 15 is 0 Å². The van der Waals surface area contributed by atoms with Crippen LogP contribution < -0.4 is 4.90 Å². The Kier molecular flexibility index (Phi) is 2.09. The molecule has 0 saturated heterocycles. The topological polar surface area (TPSA) is 50.8 Å². The molecule has 52 valence electrons. The summed E-state index contributed by atoms with van der Waals surface area (Å²) < 4.78 is 0. The Bertz CT molecular complexity index is 290. The summed E-state index contributed by atoms with van der Waals surface area (Å²) in [5.74, 6) is 0. The molecule has 0 heterocycles. The van der Waals surface area contributed by atoms with Gasteiger partial charge < -0.3 is 0 Å². The second-order valence-corrected chi connectivity index (χ2v) is 1.87. The monoisotopic (exact) mass is 143 g/mol. The minimum Gasteiger partial charge on any atom is -0.183 e. The quantitative estimate of drug-likeness (QED) is 0.441. The van der Waals surface area contributed by atoms with Crippen molar-refractivity contribution in [1.82, 2.24) is 0 Å². The average Bonchev–Trinajstić information content (AvgIpc) is 2.09. The highest BCUT2D eigenvalue weighted by molar-refractivity contribution is 5.53. The van der Waals surface area contributed by atoms with Gasteiger partial charge >= 0.3 is 0 Å². The third-order valence-corrected chi connectivity index (χ3v) is 1.21. The molecule has 0 aliphatic carbocycles. The second kappa shape index (κ2) is 3.24. The highest BCUT2D eigenvalue weighted by atomic mass is 15.1. The average molecular weight is 143 g/mol. The first-order valence-electron chi connectivity index (χ1n) is 3.03. The molecule has 0 bridgehead atoms. The van der Waals surface area contributed by atoms with Gasteiger partial charge in [0.05, 0.1) is 5.69 Å². The van der Waals surface area contributed by atoms with E-state index in [1.165, 1.54) is 0 Å². The number of anilines is 1. The Labute approximate surface area is 64.7 Å². The molecule has 0 aliphatic heterocycles. The molecule has 11 heavy (non-hydrogen) atoms. The van der Waals surface area contributed by atoms with Crippen LogP contribution in [-0.4, -0.2) is 0 Å². The molecule has 0 aliphatic rings. The summed E-state index contributed by atoms with van der Waals surface area (Å²) in [7, 11) is 0. The molecule has 0 fully saturated rings. The third-order valence-electron chi connectivity index (χ3n) is 1.21. The summed E-state index contributed by atoms with van der Waals surface area (Å²) in [6.07, 6.45) is 3.48. The van der Waals surface area contributed by atoms with Crippen LogP contribution in [0, 0.1) is 22.9 Å². The van der Waals surface area contributed by atoms with Crippen molar-refractivity contribution in [1.29, 1.82) is 10.5 Å². The van der Waals surface area contributed by atoms with Gasteiger partial charge in [0.1, 0.15) is 0 Å². The molecule has 0 aromatic heterocycles. The van der Waals surface area contributed by atoms with Crippen LogP contribution in [0.15, 0.2) is 30.3 Å². The van der Waals surface area contributed by atoms with Crippen LogP contribution in [0.5, 0.6) is 0 Å². The zero-order valence-electron chi connectivity index (χ0n) is 5.73. The van der Waals surface area contributed by atoms with E-state index in [9.17, 15) is 0 Å². The normalized spacial score (nSPS) is 7.82. The van der Waals surface area contributed by atoms with Crippen molar-refractivity contribution >= 4 is 5.69 Å². The molecule has 0 saturated carbocycles. The molecule has 3 heteroatoms.